The number of nitrogens with zero attached hydrogens (tertiary/aromatic N) is 2. The highest BCUT2D eigenvalue weighted by molar-refractivity contribution is 5.94. The van der Waals surface area contributed by atoms with Crippen LogP contribution >= 0.6 is 0 Å². The minimum Gasteiger partial charge on any atom is -0.497 e. The van der Waals surface area contributed by atoms with E-state index in [0.717, 1.165) is 18.4 Å². The molecule has 1 saturated heterocycles. The molecule has 0 aliphatic carbocycles. The van der Waals surface area contributed by atoms with E-state index >= 15 is 0 Å². The summed E-state index contributed by atoms with van der Waals surface area (Å²) in [7, 11) is 1.56. The van der Waals surface area contributed by atoms with E-state index in [0.29, 0.717) is 30.1 Å². The number of piperidine rings is 1. The largest absolute Gasteiger partial charge is 0.497 e. The standard InChI is InChI=1S/C20H23N3O3/c1-14-3-5-15(6-4-14)19(24)22-16-8-11-23(12-9-16)20(25)18-13-17(26-2)7-10-21-18/h3-7,10,13,16H,8-9,11-12H2,1-2H3,(H,22,24). The molecule has 0 spiro atoms. The lowest BCUT2D eigenvalue weighted by Crippen LogP contribution is -2.46. The number of carbonyl (C=O) groups is 2. The molecule has 2 aromatic rings. The highest BCUT2D eigenvalue weighted by Crippen LogP contribution is 2.16. The molecule has 0 saturated carbocycles. The molecule has 0 atom stereocenters. The van der Waals surface area contributed by atoms with Crippen LogP contribution in [0.4, 0.5) is 0 Å². The van der Waals surface area contributed by atoms with Gasteiger partial charge in [-0.1, -0.05) is 17.7 Å². The van der Waals surface area contributed by atoms with Crippen LogP contribution < -0.4 is 10.1 Å². The summed E-state index contributed by atoms with van der Waals surface area (Å²) in [6, 6.07) is 11.0. The summed E-state index contributed by atoms with van der Waals surface area (Å²) in [6.45, 7) is 3.18. The Balaban J connectivity index is 1.54. The summed E-state index contributed by atoms with van der Waals surface area (Å²) in [5.74, 6) is 0.444. The highest BCUT2D eigenvalue weighted by Gasteiger charge is 2.25. The first-order chi connectivity index (χ1) is 12.6. The maximum Gasteiger partial charge on any atom is 0.272 e. The van der Waals surface area contributed by atoms with Gasteiger partial charge in [0.25, 0.3) is 11.8 Å². The van der Waals surface area contributed by atoms with Crippen LogP contribution in [0.3, 0.4) is 0 Å². The minimum atomic E-state index is -0.104. The number of rotatable bonds is 4. The second-order valence-corrected chi connectivity index (χ2v) is 6.49. The average molecular weight is 353 g/mol. The van der Waals surface area contributed by atoms with Crippen molar-refractivity contribution in [2.75, 3.05) is 20.2 Å². The van der Waals surface area contributed by atoms with Gasteiger partial charge in [0.15, 0.2) is 0 Å². The average Bonchev–Trinajstić information content (AvgIpc) is 2.68. The zero-order valence-corrected chi connectivity index (χ0v) is 15.1. The Hall–Kier alpha value is -2.89. The molecule has 1 aromatic heterocycles. The van der Waals surface area contributed by atoms with E-state index in [1.54, 1.807) is 30.3 Å². The van der Waals surface area contributed by atoms with Crippen LogP contribution in [-0.2, 0) is 0 Å². The van der Waals surface area contributed by atoms with Crippen molar-refractivity contribution in [3.63, 3.8) is 0 Å². The number of pyridine rings is 1. The summed E-state index contributed by atoms with van der Waals surface area (Å²) in [4.78, 5) is 30.8. The van der Waals surface area contributed by atoms with Crippen LogP contribution in [-0.4, -0.2) is 47.9 Å². The smallest absolute Gasteiger partial charge is 0.272 e. The monoisotopic (exact) mass is 353 g/mol. The third kappa shape index (κ3) is 4.20. The lowest BCUT2D eigenvalue weighted by molar-refractivity contribution is 0.0692. The molecule has 1 fully saturated rings. The summed E-state index contributed by atoms with van der Waals surface area (Å²) >= 11 is 0. The van der Waals surface area contributed by atoms with Crippen molar-refractivity contribution in [1.82, 2.24) is 15.2 Å². The first-order valence-electron chi connectivity index (χ1n) is 8.73. The number of ether oxygens (including phenoxy) is 1. The van der Waals surface area contributed by atoms with Crippen molar-refractivity contribution in [2.24, 2.45) is 0 Å². The quantitative estimate of drug-likeness (QED) is 0.916. The lowest BCUT2D eigenvalue weighted by atomic mass is 10.0. The van der Waals surface area contributed by atoms with Crippen LogP contribution in [0.25, 0.3) is 0 Å². The van der Waals surface area contributed by atoms with E-state index < -0.39 is 0 Å². The van der Waals surface area contributed by atoms with Crippen LogP contribution in [0, 0.1) is 6.92 Å². The number of benzene rings is 1. The first kappa shape index (κ1) is 17.9. The van der Waals surface area contributed by atoms with Crippen molar-refractivity contribution in [3.8, 4) is 5.75 Å². The van der Waals surface area contributed by atoms with Crippen LogP contribution in [0.5, 0.6) is 5.75 Å². The topological polar surface area (TPSA) is 71.5 Å². The van der Waals surface area contributed by atoms with E-state index in [1.165, 1.54) is 0 Å². The predicted molar refractivity (Wildman–Crippen MR) is 98.4 cm³/mol. The summed E-state index contributed by atoms with van der Waals surface area (Å²) in [5.41, 5.74) is 2.17. The number of methoxy groups -OCH3 is 1. The summed E-state index contributed by atoms with van der Waals surface area (Å²) in [6.07, 6.45) is 3.03. The van der Waals surface area contributed by atoms with E-state index in [-0.39, 0.29) is 17.9 Å². The molecular weight excluding hydrogens is 330 g/mol. The van der Waals surface area contributed by atoms with Crippen molar-refractivity contribution in [2.45, 2.75) is 25.8 Å². The Bertz CT molecular complexity index is 781. The van der Waals surface area contributed by atoms with Gasteiger partial charge in [0, 0.05) is 37.0 Å². The molecule has 136 valence electrons. The Morgan fingerprint density at radius 2 is 1.85 bits per heavy atom. The molecule has 1 aliphatic rings. The number of aryl methyl sites for hydroxylation is 1. The fraction of sp³-hybridized carbons (Fsp3) is 0.350. The van der Waals surface area contributed by atoms with Crippen LogP contribution in [0.2, 0.25) is 0 Å². The molecule has 0 radical (unpaired) electrons. The van der Waals surface area contributed by atoms with Crippen LogP contribution in [0.15, 0.2) is 42.6 Å². The molecule has 1 N–H and O–H groups in total. The maximum absolute atomic E-state index is 12.6. The lowest BCUT2D eigenvalue weighted by Gasteiger charge is -2.32. The Morgan fingerprint density at radius 3 is 2.50 bits per heavy atom. The molecule has 6 heteroatoms. The van der Waals surface area contributed by atoms with Gasteiger partial charge in [-0.3, -0.25) is 14.6 Å². The van der Waals surface area contributed by atoms with Gasteiger partial charge in [0.05, 0.1) is 7.11 Å². The molecule has 2 heterocycles. The van der Waals surface area contributed by atoms with Gasteiger partial charge in [-0.05, 0) is 38.0 Å². The number of amides is 2. The van der Waals surface area contributed by atoms with Gasteiger partial charge in [-0.25, -0.2) is 0 Å². The SMILES string of the molecule is COc1ccnc(C(=O)N2CCC(NC(=O)c3ccc(C)cc3)CC2)c1. The molecule has 3 rings (SSSR count). The molecule has 2 amide bonds. The van der Waals surface area contributed by atoms with Gasteiger partial charge in [0.1, 0.15) is 11.4 Å². The molecule has 1 aliphatic heterocycles. The molecule has 26 heavy (non-hydrogen) atoms. The fourth-order valence-electron chi connectivity index (χ4n) is 3.02. The number of nitrogens with one attached hydrogen (secondary N) is 1. The zero-order chi connectivity index (χ0) is 18.5. The summed E-state index contributed by atoms with van der Waals surface area (Å²) in [5, 5.41) is 3.06. The predicted octanol–water partition coefficient (Wildman–Crippen LogP) is 2.43. The third-order valence-electron chi connectivity index (χ3n) is 4.62. The number of hydrogen-bond donors (Lipinski definition) is 1. The number of carbonyl (C=O) groups excluding carboxylic acids is 2. The van der Waals surface area contributed by atoms with Gasteiger partial charge in [0.2, 0.25) is 0 Å². The second-order valence-electron chi connectivity index (χ2n) is 6.49. The number of likely N-dealkylation sites (tertiary alicyclic amines) is 1. The van der Waals surface area contributed by atoms with Crippen molar-refractivity contribution < 1.29 is 14.3 Å². The van der Waals surface area contributed by atoms with E-state index in [1.807, 2.05) is 31.2 Å². The fourth-order valence-corrected chi connectivity index (χ4v) is 3.02. The molecule has 6 nitrogen and oxygen atoms in total. The number of hydrogen-bond acceptors (Lipinski definition) is 4. The molecule has 0 unspecified atom stereocenters. The first-order valence-corrected chi connectivity index (χ1v) is 8.73. The van der Waals surface area contributed by atoms with Crippen molar-refractivity contribution >= 4 is 11.8 Å². The molecule has 0 bridgehead atoms. The van der Waals surface area contributed by atoms with Crippen LogP contribution in [0.1, 0.15) is 39.3 Å². The van der Waals surface area contributed by atoms with E-state index in [9.17, 15) is 9.59 Å². The van der Waals surface area contributed by atoms with Gasteiger partial charge < -0.3 is 15.0 Å². The Kier molecular flexibility index (Phi) is 5.51. The zero-order valence-electron chi connectivity index (χ0n) is 15.1. The highest BCUT2D eigenvalue weighted by atomic mass is 16.5. The normalized spacial score (nSPS) is 14.8. The van der Waals surface area contributed by atoms with Gasteiger partial charge in [-0.2, -0.15) is 0 Å². The molecule has 1 aromatic carbocycles. The van der Waals surface area contributed by atoms with Gasteiger partial charge in [-0.15, -0.1) is 0 Å². The van der Waals surface area contributed by atoms with E-state index in [2.05, 4.69) is 10.3 Å². The van der Waals surface area contributed by atoms with Gasteiger partial charge >= 0.3 is 0 Å². The third-order valence-corrected chi connectivity index (χ3v) is 4.62. The molecular formula is C20H23N3O3. The Morgan fingerprint density at radius 1 is 1.15 bits per heavy atom. The number of aromatic nitrogens is 1. The minimum absolute atomic E-state index is 0.0655. The summed E-state index contributed by atoms with van der Waals surface area (Å²) < 4.78 is 5.14. The Labute approximate surface area is 153 Å². The van der Waals surface area contributed by atoms with E-state index in [4.69, 9.17) is 4.74 Å². The second kappa shape index (κ2) is 7.99. The van der Waals surface area contributed by atoms with Crippen molar-refractivity contribution in [1.29, 1.82) is 0 Å². The van der Waals surface area contributed by atoms with Crippen molar-refractivity contribution in [3.05, 3.63) is 59.4 Å². The maximum atomic E-state index is 12.6.